The fourth-order valence-electron chi connectivity index (χ4n) is 1.93. The lowest BCUT2D eigenvalue weighted by Crippen LogP contribution is -2.11. The van der Waals surface area contributed by atoms with Gasteiger partial charge in [-0.25, -0.2) is 4.79 Å². The normalized spacial score (nSPS) is 11.9. The van der Waals surface area contributed by atoms with Gasteiger partial charge in [0.15, 0.2) is 0 Å². The Kier molecular flexibility index (Phi) is 4.45. The molecule has 0 fully saturated rings. The number of carbonyl (C=O) groups is 1. The highest BCUT2D eigenvalue weighted by Crippen LogP contribution is 2.25. The molecular weight excluding hydrogens is 318 g/mol. The molecule has 0 saturated heterocycles. The van der Waals surface area contributed by atoms with Gasteiger partial charge >= 0.3 is 5.97 Å². The van der Waals surface area contributed by atoms with Crippen LogP contribution in [0.3, 0.4) is 0 Å². The van der Waals surface area contributed by atoms with Crippen LogP contribution >= 0.6 is 15.9 Å². The van der Waals surface area contributed by atoms with E-state index in [0.717, 1.165) is 15.6 Å². The summed E-state index contributed by atoms with van der Waals surface area (Å²) in [5.74, 6) is -0.369. The van der Waals surface area contributed by atoms with Gasteiger partial charge in [-0.2, -0.15) is 0 Å². The summed E-state index contributed by atoms with van der Waals surface area (Å²) in [5.41, 5.74) is 8.61. The molecule has 1 unspecified atom stereocenters. The Hall–Kier alpha value is -1.81. The van der Waals surface area contributed by atoms with Crippen molar-refractivity contribution in [2.45, 2.75) is 20.0 Å². The number of ether oxygens (including phenoxy) is 1. The number of anilines is 1. The number of carbonyl (C=O) groups excluding carboxylic acids is 1. The molecule has 4 heteroatoms. The van der Waals surface area contributed by atoms with Gasteiger partial charge in [0.05, 0.1) is 5.56 Å². The van der Waals surface area contributed by atoms with Crippen LogP contribution in [0, 0.1) is 6.92 Å². The van der Waals surface area contributed by atoms with Gasteiger partial charge in [-0.1, -0.05) is 46.3 Å². The molecule has 0 saturated carbocycles. The Morgan fingerprint density at radius 1 is 1.25 bits per heavy atom. The molecule has 0 heterocycles. The van der Waals surface area contributed by atoms with E-state index in [1.165, 1.54) is 0 Å². The molecule has 3 nitrogen and oxygen atoms in total. The fourth-order valence-corrected chi connectivity index (χ4v) is 2.40. The molecule has 1 atom stereocenters. The maximum absolute atomic E-state index is 12.3. The van der Waals surface area contributed by atoms with Crippen LogP contribution < -0.4 is 5.73 Å². The summed E-state index contributed by atoms with van der Waals surface area (Å²) in [6.07, 6.45) is -0.302. The van der Waals surface area contributed by atoms with Crippen LogP contribution in [0.4, 0.5) is 5.69 Å². The lowest BCUT2D eigenvalue weighted by atomic mass is 10.1. The van der Waals surface area contributed by atoms with Crippen LogP contribution in [0.15, 0.2) is 46.9 Å². The first-order valence-corrected chi connectivity index (χ1v) is 7.10. The van der Waals surface area contributed by atoms with Crippen molar-refractivity contribution in [3.63, 3.8) is 0 Å². The summed E-state index contributed by atoms with van der Waals surface area (Å²) < 4.78 is 6.26. The van der Waals surface area contributed by atoms with Crippen LogP contribution in [-0.2, 0) is 4.74 Å². The predicted octanol–water partition coefficient (Wildman–Crippen LogP) is 4.26. The number of nitrogen functional groups attached to an aromatic ring is 1. The number of nitrogens with two attached hydrogens (primary N) is 1. The summed E-state index contributed by atoms with van der Waals surface area (Å²) in [4.78, 5) is 12.3. The minimum atomic E-state index is -0.369. The highest BCUT2D eigenvalue weighted by Gasteiger charge is 2.17. The van der Waals surface area contributed by atoms with Gasteiger partial charge in [-0.15, -0.1) is 0 Å². The van der Waals surface area contributed by atoms with Crippen molar-refractivity contribution in [3.05, 3.63) is 63.6 Å². The molecular formula is C16H16BrNO2. The zero-order valence-corrected chi connectivity index (χ0v) is 13.0. The molecule has 0 radical (unpaired) electrons. The molecule has 2 aromatic carbocycles. The zero-order valence-electron chi connectivity index (χ0n) is 11.4. The van der Waals surface area contributed by atoms with Gasteiger partial charge in [0.2, 0.25) is 0 Å². The van der Waals surface area contributed by atoms with Crippen LogP contribution in [0.5, 0.6) is 0 Å². The monoisotopic (exact) mass is 333 g/mol. The van der Waals surface area contributed by atoms with Crippen LogP contribution in [-0.4, -0.2) is 5.97 Å². The molecule has 0 aliphatic rings. The summed E-state index contributed by atoms with van der Waals surface area (Å²) in [6, 6.07) is 13.1. The Morgan fingerprint density at radius 2 is 1.90 bits per heavy atom. The Balaban J connectivity index is 2.21. The predicted molar refractivity (Wildman–Crippen MR) is 83.6 cm³/mol. The number of benzene rings is 2. The van der Waals surface area contributed by atoms with Crippen LogP contribution in [0.1, 0.15) is 34.5 Å². The van der Waals surface area contributed by atoms with Crippen molar-refractivity contribution in [1.82, 2.24) is 0 Å². The third-order valence-corrected chi connectivity index (χ3v) is 3.64. The Morgan fingerprint density at radius 3 is 2.55 bits per heavy atom. The van der Waals surface area contributed by atoms with Crippen molar-refractivity contribution >= 4 is 27.6 Å². The zero-order chi connectivity index (χ0) is 14.7. The van der Waals surface area contributed by atoms with Gasteiger partial charge < -0.3 is 10.5 Å². The van der Waals surface area contributed by atoms with Crippen molar-refractivity contribution in [3.8, 4) is 0 Å². The molecule has 2 N–H and O–H groups in total. The molecule has 0 aliphatic heterocycles. The highest BCUT2D eigenvalue weighted by molar-refractivity contribution is 9.10. The summed E-state index contributed by atoms with van der Waals surface area (Å²) in [7, 11) is 0. The van der Waals surface area contributed by atoms with E-state index in [1.54, 1.807) is 12.1 Å². The fraction of sp³-hybridized carbons (Fsp3) is 0.188. The lowest BCUT2D eigenvalue weighted by molar-refractivity contribution is 0.0337. The smallest absolute Gasteiger partial charge is 0.339 e. The summed E-state index contributed by atoms with van der Waals surface area (Å²) in [5, 5.41) is 0. The highest BCUT2D eigenvalue weighted by atomic mass is 79.9. The van der Waals surface area contributed by atoms with E-state index in [-0.39, 0.29) is 12.1 Å². The largest absolute Gasteiger partial charge is 0.454 e. The maximum atomic E-state index is 12.3. The topological polar surface area (TPSA) is 52.3 Å². The molecule has 104 valence electrons. The van der Waals surface area contributed by atoms with Crippen molar-refractivity contribution in [2.75, 3.05) is 5.73 Å². The molecule has 2 aromatic rings. The standard InChI is InChI=1S/C16H16BrNO2/c1-10-14(8-13(17)9-15(10)18)16(19)20-11(2)12-6-4-3-5-7-12/h3-9,11H,18H2,1-2H3. The molecule has 0 amide bonds. The summed E-state index contributed by atoms with van der Waals surface area (Å²) in [6.45, 7) is 3.66. The van der Waals surface area contributed by atoms with E-state index < -0.39 is 0 Å². The molecule has 0 aliphatic carbocycles. The first-order valence-electron chi connectivity index (χ1n) is 6.30. The van der Waals surface area contributed by atoms with E-state index >= 15 is 0 Å². The van der Waals surface area contributed by atoms with Gasteiger partial charge in [0, 0.05) is 10.2 Å². The van der Waals surface area contributed by atoms with Crippen molar-refractivity contribution in [2.24, 2.45) is 0 Å². The SMILES string of the molecule is Cc1c(N)cc(Br)cc1C(=O)OC(C)c1ccccc1. The second-order valence-corrected chi connectivity index (χ2v) is 5.54. The van der Waals surface area contributed by atoms with Gasteiger partial charge in [-0.05, 0) is 37.1 Å². The average molecular weight is 334 g/mol. The third-order valence-electron chi connectivity index (χ3n) is 3.19. The second kappa shape index (κ2) is 6.09. The van der Waals surface area contributed by atoms with Crippen molar-refractivity contribution in [1.29, 1.82) is 0 Å². The van der Waals surface area contributed by atoms with Crippen molar-refractivity contribution < 1.29 is 9.53 Å². The number of halogens is 1. The third kappa shape index (κ3) is 3.20. The second-order valence-electron chi connectivity index (χ2n) is 4.63. The molecule has 2 rings (SSSR count). The first-order chi connectivity index (χ1) is 9.49. The molecule has 0 spiro atoms. The molecule has 0 bridgehead atoms. The van der Waals surface area contributed by atoms with E-state index in [0.29, 0.717) is 11.3 Å². The minimum Gasteiger partial charge on any atom is -0.454 e. The van der Waals surface area contributed by atoms with Crippen LogP contribution in [0.25, 0.3) is 0 Å². The number of hydrogen-bond donors (Lipinski definition) is 1. The summed E-state index contributed by atoms with van der Waals surface area (Å²) >= 11 is 3.34. The van der Waals surface area contributed by atoms with E-state index in [2.05, 4.69) is 15.9 Å². The van der Waals surface area contributed by atoms with E-state index in [9.17, 15) is 4.79 Å². The van der Waals surface area contributed by atoms with Gasteiger partial charge in [-0.3, -0.25) is 0 Å². The quantitative estimate of drug-likeness (QED) is 0.674. The van der Waals surface area contributed by atoms with E-state index in [1.807, 2.05) is 44.2 Å². The average Bonchev–Trinajstić information content (AvgIpc) is 2.43. The van der Waals surface area contributed by atoms with Crippen LogP contribution in [0.2, 0.25) is 0 Å². The molecule has 20 heavy (non-hydrogen) atoms. The van der Waals surface area contributed by atoms with Gasteiger partial charge in [0.1, 0.15) is 6.10 Å². The number of hydrogen-bond acceptors (Lipinski definition) is 3. The van der Waals surface area contributed by atoms with E-state index in [4.69, 9.17) is 10.5 Å². The Bertz CT molecular complexity index is 626. The van der Waals surface area contributed by atoms with Gasteiger partial charge in [0.25, 0.3) is 0 Å². The molecule has 0 aromatic heterocycles. The lowest BCUT2D eigenvalue weighted by Gasteiger charge is -2.15. The number of esters is 1. The minimum absolute atomic E-state index is 0.302. The Labute approximate surface area is 126 Å². The maximum Gasteiger partial charge on any atom is 0.339 e. The number of rotatable bonds is 3. The first kappa shape index (κ1) is 14.6.